The van der Waals surface area contributed by atoms with Crippen LogP contribution in [0.5, 0.6) is 0 Å². The molecule has 1 rings (SSSR count). The third kappa shape index (κ3) is 4.75. The van der Waals surface area contributed by atoms with Crippen LogP contribution >= 0.6 is 0 Å². The Bertz CT molecular complexity index is 277. The molecule has 3 nitrogen and oxygen atoms in total. The number of rotatable bonds is 7. The van der Waals surface area contributed by atoms with E-state index in [0.717, 1.165) is 6.42 Å². The van der Waals surface area contributed by atoms with Gasteiger partial charge in [-0.25, -0.2) is 0 Å². The van der Waals surface area contributed by atoms with E-state index >= 15 is 0 Å². The van der Waals surface area contributed by atoms with Crippen molar-refractivity contribution in [2.75, 3.05) is 20.3 Å². The van der Waals surface area contributed by atoms with E-state index in [0.29, 0.717) is 12.6 Å². The molecule has 90 valence electrons. The maximum absolute atomic E-state index is 9.13. The molecule has 0 amide bonds. The molecular formula is C13H21NO2. The maximum Gasteiger partial charge on any atom is 0.0638 e. The highest BCUT2D eigenvalue weighted by Gasteiger charge is 2.10. The van der Waals surface area contributed by atoms with Gasteiger partial charge in [-0.3, -0.25) is 0 Å². The molecule has 0 spiro atoms. The number of aliphatic hydroxyl groups excluding tert-OH is 1. The van der Waals surface area contributed by atoms with Crippen molar-refractivity contribution in [3.63, 3.8) is 0 Å². The molecule has 0 aromatic heterocycles. The van der Waals surface area contributed by atoms with Crippen LogP contribution in [-0.2, 0) is 11.2 Å². The van der Waals surface area contributed by atoms with Crippen LogP contribution in [0.25, 0.3) is 0 Å². The van der Waals surface area contributed by atoms with Gasteiger partial charge in [0.2, 0.25) is 0 Å². The first-order chi connectivity index (χ1) is 7.76. The Morgan fingerprint density at radius 2 is 2.00 bits per heavy atom. The van der Waals surface area contributed by atoms with Crippen molar-refractivity contribution in [1.29, 1.82) is 0 Å². The Kier molecular flexibility index (Phi) is 6.08. The monoisotopic (exact) mass is 223 g/mol. The second-order valence-corrected chi connectivity index (χ2v) is 4.09. The number of hydrogen-bond acceptors (Lipinski definition) is 3. The number of aliphatic hydroxyl groups is 1. The number of benzene rings is 1. The molecular weight excluding hydrogens is 202 g/mol. The van der Waals surface area contributed by atoms with Crippen LogP contribution in [-0.4, -0.2) is 37.5 Å². The molecule has 0 aliphatic heterocycles. The minimum absolute atomic E-state index is 0.0173. The van der Waals surface area contributed by atoms with Crippen molar-refractivity contribution < 1.29 is 9.84 Å². The Labute approximate surface area is 97.4 Å². The van der Waals surface area contributed by atoms with Gasteiger partial charge in [0.1, 0.15) is 0 Å². The first-order valence-electron chi connectivity index (χ1n) is 5.66. The highest BCUT2D eigenvalue weighted by molar-refractivity contribution is 5.15. The van der Waals surface area contributed by atoms with Gasteiger partial charge in [-0.15, -0.1) is 0 Å². The molecule has 0 saturated carbocycles. The van der Waals surface area contributed by atoms with Crippen LogP contribution in [0.3, 0.4) is 0 Å². The summed E-state index contributed by atoms with van der Waals surface area (Å²) >= 11 is 0. The van der Waals surface area contributed by atoms with Crippen molar-refractivity contribution in [3.8, 4) is 0 Å². The van der Waals surface area contributed by atoms with Gasteiger partial charge >= 0.3 is 0 Å². The highest BCUT2D eigenvalue weighted by atomic mass is 16.5. The van der Waals surface area contributed by atoms with Crippen LogP contribution in [0.15, 0.2) is 30.3 Å². The molecule has 0 aliphatic rings. The van der Waals surface area contributed by atoms with Gasteiger partial charge in [0.15, 0.2) is 0 Å². The van der Waals surface area contributed by atoms with Gasteiger partial charge < -0.3 is 15.2 Å². The molecule has 0 radical (unpaired) electrons. The largest absolute Gasteiger partial charge is 0.395 e. The van der Waals surface area contributed by atoms with E-state index in [4.69, 9.17) is 9.84 Å². The average molecular weight is 223 g/mol. The quantitative estimate of drug-likeness (QED) is 0.730. The predicted molar refractivity (Wildman–Crippen MR) is 65.5 cm³/mol. The summed E-state index contributed by atoms with van der Waals surface area (Å²) in [7, 11) is 1.65. The summed E-state index contributed by atoms with van der Waals surface area (Å²) in [5.74, 6) is 0. The summed E-state index contributed by atoms with van der Waals surface area (Å²) in [5.41, 5.74) is 1.30. The minimum atomic E-state index is 0.0173. The van der Waals surface area contributed by atoms with Gasteiger partial charge in [-0.1, -0.05) is 30.3 Å². The summed E-state index contributed by atoms with van der Waals surface area (Å²) in [4.78, 5) is 0. The van der Waals surface area contributed by atoms with E-state index in [2.05, 4.69) is 24.4 Å². The lowest BCUT2D eigenvalue weighted by atomic mass is 10.1. The number of nitrogens with one attached hydrogen (secondary N) is 1. The van der Waals surface area contributed by atoms with Crippen LogP contribution in [0, 0.1) is 0 Å². The van der Waals surface area contributed by atoms with E-state index in [-0.39, 0.29) is 12.6 Å². The van der Waals surface area contributed by atoms with E-state index in [1.807, 2.05) is 18.2 Å². The van der Waals surface area contributed by atoms with Crippen molar-refractivity contribution in [3.05, 3.63) is 35.9 Å². The fourth-order valence-corrected chi connectivity index (χ4v) is 1.78. The zero-order chi connectivity index (χ0) is 11.8. The van der Waals surface area contributed by atoms with Gasteiger partial charge in [-0.05, 0) is 18.9 Å². The highest BCUT2D eigenvalue weighted by Crippen LogP contribution is 2.03. The molecule has 3 heteroatoms. The Morgan fingerprint density at radius 3 is 2.56 bits per heavy atom. The zero-order valence-electron chi connectivity index (χ0n) is 10.0. The Morgan fingerprint density at radius 1 is 1.31 bits per heavy atom. The Hall–Kier alpha value is -0.900. The third-order valence-corrected chi connectivity index (χ3v) is 2.49. The Balaban J connectivity index is 2.37. The molecule has 0 fully saturated rings. The SMILES string of the molecule is COCC(CO)NC(C)Cc1ccccc1. The first-order valence-corrected chi connectivity index (χ1v) is 5.66. The summed E-state index contributed by atoms with van der Waals surface area (Å²) < 4.78 is 5.02. The molecule has 0 heterocycles. The molecule has 16 heavy (non-hydrogen) atoms. The first kappa shape index (κ1) is 13.2. The van der Waals surface area contributed by atoms with Crippen LogP contribution < -0.4 is 5.32 Å². The number of methoxy groups -OCH3 is 1. The second-order valence-electron chi connectivity index (χ2n) is 4.09. The molecule has 1 aromatic rings. The maximum atomic E-state index is 9.13. The van der Waals surface area contributed by atoms with Crippen molar-refractivity contribution in [1.82, 2.24) is 5.32 Å². The molecule has 0 saturated heterocycles. The van der Waals surface area contributed by atoms with E-state index < -0.39 is 0 Å². The molecule has 0 bridgehead atoms. The number of ether oxygens (including phenoxy) is 1. The summed E-state index contributed by atoms with van der Waals surface area (Å²) in [5, 5.41) is 12.5. The van der Waals surface area contributed by atoms with Crippen molar-refractivity contribution in [2.45, 2.75) is 25.4 Å². The number of hydrogen-bond donors (Lipinski definition) is 2. The van der Waals surface area contributed by atoms with E-state index in [1.54, 1.807) is 7.11 Å². The molecule has 2 unspecified atom stereocenters. The fraction of sp³-hybridized carbons (Fsp3) is 0.538. The van der Waals surface area contributed by atoms with Gasteiger partial charge in [0.25, 0.3) is 0 Å². The van der Waals surface area contributed by atoms with Crippen molar-refractivity contribution >= 4 is 0 Å². The topological polar surface area (TPSA) is 41.5 Å². The lowest BCUT2D eigenvalue weighted by Gasteiger charge is -2.21. The molecule has 2 N–H and O–H groups in total. The lowest BCUT2D eigenvalue weighted by Crippen LogP contribution is -2.42. The van der Waals surface area contributed by atoms with E-state index in [1.165, 1.54) is 5.56 Å². The summed E-state index contributed by atoms with van der Waals surface area (Å²) in [6.07, 6.45) is 0.959. The zero-order valence-corrected chi connectivity index (χ0v) is 10.0. The molecule has 2 atom stereocenters. The lowest BCUT2D eigenvalue weighted by molar-refractivity contribution is 0.123. The van der Waals surface area contributed by atoms with Gasteiger partial charge in [0.05, 0.1) is 19.3 Å². The van der Waals surface area contributed by atoms with Crippen LogP contribution in [0.4, 0.5) is 0 Å². The van der Waals surface area contributed by atoms with Gasteiger partial charge in [-0.2, -0.15) is 0 Å². The molecule has 0 aliphatic carbocycles. The predicted octanol–water partition coefficient (Wildman–Crippen LogP) is 1.21. The van der Waals surface area contributed by atoms with Gasteiger partial charge in [0, 0.05) is 13.2 Å². The summed E-state index contributed by atoms with van der Waals surface area (Å²) in [6, 6.07) is 10.7. The summed E-state index contributed by atoms with van der Waals surface area (Å²) in [6.45, 7) is 2.76. The second kappa shape index (κ2) is 7.39. The van der Waals surface area contributed by atoms with Crippen LogP contribution in [0.1, 0.15) is 12.5 Å². The molecule has 1 aromatic carbocycles. The minimum Gasteiger partial charge on any atom is -0.395 e. The average Bonchev–Trinajstić information content (AvgIpc) is 2.29. The van der Waals surface area contributed by atoms with Crippen LogP contribution in [0.2, 0.25) is 0 Å². The van der Waals surface area contributed by atoms with Crippen molar-refractivity contribution in [2.24, 2.45) is 0 Å². The standard InChI is InChI=1S/C13H21NO2/c1-11(14-13(9-15)10-16-2)8-12-6-4-3-5-7-12/h3-7,11,13-15H,8-10H2,1-2H3. The fourth-order valence-electron chi connectivity index (χ4n) is 1.78. The smallest absolute Gasteiger partial charge is 0.0638 e. The normalized spacial score (nSPS) is 14.7. The van der Waals surface area contributed by atoms with E-state index in [9.17, 15) is 0 Å². The third-order valence-electron chi connectivity index (χ3n) is 2.49.